The molecule has 1 unspecified atom stereocenters. The molecule has 1 aromatic carbocycles. The SMILES string of the molecule is CC1=C(C(=O)O)C(c2ccc(C#N)cc2)n2c(nn(CCN(C)C)c2=O)N1. The van der Waals surface area contributed by atoms with Crippen molar-refractivity contribution < 1.29 is 9.90 Å². The monoisotopic (exact) mass is 368 g/mol. The zero-order valence-corrected chi connectivity index (χ0v) is 15.3. The lowest BCUT2D eigenvalue weighted by Crippen LogP contribution is -2.35. The molecule has 2 N–H and O–H groups in total. The molecule has 1 aromatic heterocycles. The average molecular weight is 368 g/mol. The molecule has 1 atom stereocenters. The molecular weight excluding hydrogens is 348 g/mol. The van der Waals surface area contributed by atoms with E-state index in [-0.39, 0.29) is 11.3 Å². The van der Waals surface area contributed by atoms with Gasteiger partial charge in [0.05, 0.1) is 23.8 Å². The molecule has 1 aliphatic heterocycles. The zero-order chi connectivity index (χ0) is 19.7. The number of allylic oxidation sites excluding steroid dienone is 1. The second kappa shape index (κ2) is 7.09. The summed E-state index contributed by atoms with van der Waals surface area (Å²) >= 11 is 0. The predicted molar refractivity (Wildman–Crippen MR) is 98.3 cm³/mol. The summed E-state index contributed by atoms with van der Waals surface area (Å²) in [6.07, 6.45) is 0. The summed E-state index contributed by atoms with van der Waals surface area (Å²) in [5.41, 5.74) is 1.16. The van der Waals surface area contributed by atoms with Gasteiger partial charge < -0.3 is 15.3 Å². The van der Waals surface area contributed by atoms with Crippen molar-refractivity contribution in [2.45, 2.75) is 19.5 Å². The fourth-order valence-corrected chi connectivity index (χ4v) is 3.08. The lowest BCUT2D eigenvalue weighted by Gasteiger charge is -2.27. The molecule has 9 heteroatoms. The maximum Gasteiger partial charge on any atom is 0.348 e. The summed E-state index contributed by atoms with van der Waals surface area (Å²) in [5, 5.41) is 26.0. The lowest BCUT2D eigenvalue weighted by molar-refractivity contribution is -0.133. The van der Waals surface area contributed by atoms with Gasteiger partial charge in [-0.3, -0.25) is 0 Å². The maximum atomic E-state index is 12.9. The number of carbonyl (C=O) groups is 1. The van der Waals surface area contributed by atoms with Crippen LogP contribution in [0.15, 0.2) is 40.3 Å². The number of hydrogen-bond donors (Lipinski definition) is 2. The molecule has 1 aliphatic rings. The normalized spacial score (nSPS) is 16.0. The smallest absolute Gasteiger partial charge is 0.348 e. The minimum atomic E-state index is -1.12. The van der Waals surface area contributed by atoms with Gasteiger partial charge in [0, 0.05) is 12.2 Å². The highest BCUT2D eigenvalue weighted by Crippen LogP contribution is 2.34. The van der Waals surface area contributed by atoms with Crippen LogP contribution >= 0.6 is 0 Å². The number of likely N-dealkylation sites (N-methyl/N-ethyl adjacent to an activating group) is 1. The van der Waals surface area contributed by atoms with Gasteiger partial charge >= 0.3 is 11.7 Å². The number of nitriles is 1. The van der Waals surface area contributed by atoms with E-state index in [0.717, 1.165) is 0 Å². The second-order valence-corrected chi connectivity index (χ2v) is 6.61. The first kappa shape index (κ1) is 18.4. The van der Waals surface area contributed by atoms with Gasteiger partial charge in [0.1, 0.15) is 6.04 Å². The Kier molecular flexibility index (Phi) is 4.83. The number of hydrogen-bond acceptors (Lipinski definition) is 6. The van der Waals surface area contributed by atoms with Gasteiger partial charge in [0.2, 0.25) is 5.95 Å². The van der Waals surface area contributed by atoms with Crippen LogP contribution in [-0.2, 0) is 11.3 Å². The molecule has 27 heavy (non-hydrogen) atoms. The van der Waals surface area contributed by atoms with E-state index in [4.69, 9.17) is 5.26 Å². The van der Waals surface area contributed by atoms with E-state index in [1.807, 2.05) is 25.1 Å². The van der Waals surface area contributed by atoms with Crippen LogP contribution < -0.4 is 11.0 Å². The summed E-state index contributed by atoms with van der Waals surface area (Å²) in [5.74, 6) is -0.816. The van der Waals surface area contributed by atoms with Crippen LogP contribution in [0.4, 0.5) is 5.95 Å². The molecule has 0 saturated heterocycles. The largest absolute Gasteiger partial charge is 0.478 e. The summed E-state index contributed by atoms with van der Waals surface area (Å²) < 4.78 is 2.69. The molecule has 0 radical (unpaired) electrons. The van der Waals surface area contributed by atoms with E-state index in [1.165, 1.54) is 9.25 Å². The van der Waals surface area contributed by atoms with Crippen molar-refractivity contribution in [2.24, 2.45) is 0 Å². The minimum absolute atomic E-state index is 0.0708. The Bertz CT molecular complexity index is 1010. The molecule has 0 amide bonds. The number of rotatable bonds is 5. The summed E-state index contributed by atoms with van der Waals surface area (Å²) in [6.45, 7) is 2.65. The van der Waals surface area contributed by atoms with Crippen LogP contribution in [0.5, 0.6) is 0 Å². The lowest BCUT2D eigenvalue weighted by atomic mass is 9.95. The molecule has 2 heterocycles. The van der Waals surface area contributed by atoms with Gasteiger partial charge in [-0.15, -0.1) is 5.10 Å². The van der Waals surface area contributed by atoms with E-state index in [9.17, 15) is 14.7 Å². The second-order valence-electron chi connectivity index (χ2n) is 6.61. The standard InChI is InChI=1S/C18H20N6O3/c1-11-14(16(25)26)15(13-6-4-12(10-19)5-7-13)24-17(20-11)21-23(18(24)27)9-8-22(2)3/h4-7,15H,8-9H2,1-3H3,(H,20,21)(H,25,26). The van der Waals surface area contributed by atoms with Crippen molar-refractivity contribution in [1.82, 2.24) is 19.2 Å². The summed E-state index contributed by atoms with van der Waals surface area (Å²) in [7, 11) is 3.79. The molecule has 0 saturated carbocycles. The van der Waals surface area contributed by atoms with Crippen LogP contribution in [-0.4, -0.2) is 51.0 Å². The highest BCUT2D eigenvalue weighted by atomic mass is 16.4. The van der Waals surface area contributed by atoms with E-state index in [0.29, 0.717) is 35.9 Å². The van der Waals surface area contributed by atoms with Gasteiger partial charge in [-0.1, -0.05) is 12.1 Å². The van der Waals surface area contributed by atoms with Crippen molar-refractivity contribution in [2.75, 3.05) is 26.0 Å². The third-order valence-electron chi connectivity index (χ3n) is 4.45. The van der Waals surface area contributed by atoms with Crippen molar-refractivity contribution in [3.05, 3.63) is 57.1 Å². The Labute approximate surface area is 155 Å². The number of carboxylic acid groups (broad SMARTS) is 1. The van der Waals surface area contributed by atoms with Crippen molar-refractivity contribution in [3.63, 3.8) is 0 Å². The Balaban J connectivity index is 2.15. The third kappa shape index (κ3) is 3.35. The Morgan fingerprint density at radius 2 is 2.04 bits per heavy atom. The first-order valence-electron chi connectivity index (χ1n) is 8.38. The van der Waals surface area contributed by atoms with Gasteiger partial charge in [0.15, 0.2) is 0 Å². The van der Waals surface area contributed by atoms with E-state index in [1.54, 1.807) is 31.2 Å². The van der Waals surface area contributed by atoms with Crippen LogP contribution in [0.2, 0.25) is 0 Å². The van der Waals surface area contributed by atoms with Crippen LogP contribution in [0.25, 0.3) is 0 Å². The highest BCUT2D eigenvalue weighted by Gasteiger charge is 2.35. The van der Waals surface area contributed by atoms with Crippen molar-refractivity contribution in [3.8, 4) is 6.07 Å². The molecular formula is C18H20N6O3. The molecule has 3 rings (SSSR count). The van der Waals surface area contributed by atoms with Crippen LogP contribution in [0.3, 0.4) is 0 Å². The molecule has 0 spiro atoms. The number of benzene rings is 1. The van der Waals surface area contributed by atoms with E-state index >= 15 is 0 Å². The van der Waals surface area contributed by atoms with Gasteiger partial charge in [0.25, 0.3) is 0 Å². The summed E-state index contributed by atoms with van der Waals surface area (Å²) in [4.78, 5) is 26.8. The predicted octanol–water partition coefficient (Wildman–Crippen LogP) is 0.852. The number of aliphatic carboxylic acids is 1. The Morgan fingerprint density at radius 1 is 1.37 bits per heavy atom. The fourth-order valence-electron chi connectivity index (χ4n) is 3.08. The van der Waals surface area contributed by atoms with E-state index in [2.05, 4.69) is 10.4 Å². The minimum Gasteiger partial charge on any atom is -0.478 e. The number of anilines is 1. The zero-order valence-electron chi connectivity index (χ0n) is 15.3. The third-order valence-corrected chi connectivity index (χ3v) is 4.45. The van der Waals surface area contributed by atoms with Crippen LogP contribution in [0, 0.1) is 11.3 Å². The average Bonchev–Trinajstić information content (AvgIpc) is 2.94. The van der Waals surface area contributed by atoms with Crippen molar-refractivity contribution >= 4 is 11.9 Å². The first-order chi connectivity index (χ1) is 12.8. The molecule has 2 aromatic rings. The molecule has 140 valence electrons. The van der Waals surface area contributed by atoms with Gasteiger partial charge in [-0.2, -0.15) is 5.26 Å². The Morgan fingerprint density at radius 3 is 2.59 bits per heavy atom. The van der Waals surface area contributed by atoms with Gasteiger partial charge in [-0.25, -0.2) is 18.8 Å². The Hall–Kier alpha value is -3.38. The summed E-state index contributed by atoms with van der Waals surface area (Å²) in [6, 6.07) is 7.74. The number of nitrogens with one attached hydrogen (secondary N) is 1. The van der Waals surface area contributed by atoms with E-state index < -0.39 is 12.0 Å². The number of aromatic nitrogens is 3. The maximum absolute atomic E-state index is 12.9. The highest BCUT2D eigenvalue weighted by molar-refractivity contribution is 5.90. The topological polar surface area (TPSA) is 116 Å². The molecule has 0 bridgehead atoms. The molecule has 0 fully saturated rings. The molecule has 0 aliphatic carbocycles. The number of nitrogens with zero attached hydrogens (tertiary/aromatic N) is 5. The quantitative estimate of drug-likeness (QED) is 0.804. The number of carboxylic acids is 1. The van der Waals surface area contributed by atoms with Crippen LogP contribution in [0.1, 0.15) is 24.1 Å². The molecule has 9 nitrogen and oxygen atoms in total. The van der Waals surface area contributed by atoms with Crippen molar-refractivity contribution in [1.29, 1.82) is 5.26 Å². The first-order valence-corrected chi connectivity index (χ1v) is 8.38. The number of fused-ring (bicyclic) bond motifs is 1. The fraction of sp³-hybridized carbons (Fsp3) is 0.333. The van der Waals surface area contributed by atoms with Gasteiger partial charge in [-0.05, 0) is 38.7 Å².